The molecule has 2 aromatic heterocycles. The Morgan fingerprint density at radius 1 is 1.26 bits per heavy atom. The van der Waals surface area contributed by atoms with Gasteiger partial charge in [-0.2, -0.15) is 0 Å². The minimum atomic E-state index is -0.685. The highest BCUT2D eigenvalue weighted by molar-refractivity contribution is 7.22. The number of fused-ring (bicyclic) bond motifs is 1. The Morgan fingerprint density at radius 3 is 2.89 bits per heavy atom. The van der Waals surface area contributed by atoms with Gasteiger partial charge < -0.3 is 14.2 Å². The average molecular weight is 387 g/mol. The first-order valence-electron chi connectivity index (χ1n) is 8.10. The van der Waals surface area contributed by atoms with Gasteiger partial charge in [0.05, 0.1) is 23.9 Å². The van der Waals surface area contributed by atoms with Gasteiger partial charge in [-0.25, -0.2) is 14.8 Å². The van der Waals surface area contributed by atoms with Crippen molar-refractivity contribution in [1.29, 1.82) is 0 Å². The van der Waals surface area contributed by atoms with Gasteiger partial charge >= 0.3 is 5.97 Å². The average Bonchev–Trinajstić information content (AvgIpc) is 3.08. The molecule has 2 heterocycles. The monoisotopic (exact) mass is 387 g/mol. The van der Waals surface area contributed by atoms with Crippen LogP contribution < -0.4 is 14.8 Å². The van der Waals surface area contributed by atoms with Crippen molar-refractivity contribution in [1.82, 2.24) is 9.97 Å². The lowest BCUT2D eigenvalue weighted by molar-refractivity contribution is -0.119. The number of esters is 1. The van der Waals surface area contributed by atoms with Gasteiger partial charge in [-0.15, -0.1) is 0 Å². The summed E-state index contributed by atoms with van der Waals surface area (Å²) in [6.45, 7) is 1.70. The predicted molar refractivity (Wildman–Crippen MR) is 100 cm³/mol. The summed E-state index contributed by atoms with van der Waals surface area (Å²) in [6, 6.07) is 8.55. The van der Waals surface area contributed by atoms with Crippen LogP contribution in [0.25, 0.3) is 10.2 Å². The number of hydrogen-bond acceptors (Lipinski definition) is 8. The molecule has 3 aromatic rings. The molecule has 0 saturated carbocycles. The number of thiazole rings is 1. The van der Waals surface area contributed by atoms with Gasteiger partial charge in [0.15, 0.2) is 11.7 Å². The van der Waals surface area contributed by atoms with Gasteiger partial charge in [0, 0.05) is 6.20 Å². The maximum Gasteiger partial charge on any atom is 0.344 e. The number of rotatable bonds is 7. The minimum absolute atomic E-state index is 0.166. The maximum atomic E-state index is 12.2. The fraction of sp³-hybridized carbons (Fsp3) is 0.222. The van der Waals surface area contributed by atoms with Crippen LogP contribution in [0.2, 0.25) is 0 Å². The summed E-state index contributed by atoms with van der Waals surface area (Å²) in [7, 11) is 1.58. The Bertz CT molecular complexity index is 973. The zero-order valence-corrected chi connectivity index (χ0v) is 15.5. The van der Waals surface area contributed by atoms with Crippen LogP contribution in [0.3, 0.4) is 0 Å². The normalized spacial score (nSPS) is 10.4. The van der Waals surface area contributed by atoms with Crippen LogP contribution in [-0.2, 0) is 9.53 Å². The second-order valence-electron chi connectivity index (χ2n) is 5.27. The topological polar surface area (TPSA) is 99.6 Å². The molecule has 3 rings (SSSR count). The van der Waals surface area contributed by atoms with Gasteiger partial charge in [-0.3, -0.25) is 10.1 Å². The Balaban J connectivity index is 1.60. The van der Waals surface area contributed by atoms with Gasteiger partial charge in [0.2, 0.25) is 5.88 Å². The molecule has 8 nitrogen and oxygen atoms in total. The summed E-state index contributed by atoms with van der Waals surface area (Å²) in [5, 5.41) is 3.03. The van der Waals surface area contributed by atoms with E-state index in [4.69, 9.17) is 14.2 Å². The van der Waals surface area contributed by atoms with Crippen molar-refractivity contribution < 1.29 is 23.8 Å². The number of carbonyl (C=O) groups is 2. The molecule has 0 atom stereocenters. The molecule has 0 fully saturated rings. The fourth-order valence-electron chi connectivity index (χ4n) is 2.25. The third-order valence-corrected chi connectivity index (χ3v) is 4.38. The fourth-order valence-corrected chi connectivity index (χ4v) is 3.16. The first kappa shape index (κ1) is 18.6. The van der Waals surface area contributed by atoms with Gasteiger partial charge in [-0.1, -0.05) is 11.3 Å². The van der Waals surface area contributed by atoms with E-state index in [1.165, 1.54) is 23.6 Å². The van der Waals surface area contributed by atoms with Crippen molar-refractivity contribution in [3.8, 4) is 11.6 Å². The maximum absolute atomic E-state index is 12.2. The molecule has 0 radical (unpaired) electrons. The van der Waals surface area contributed by atoms with Crippen LogP contribution in [-0.4, -0.2) is 42.2 Å². The van der Waals surface area contributed by atoms with Crippen LogP contribution in [0.5, 0.6) is 11.6 Å². The number of anilines is 1. The first-order chi connectivity index (χ1) is 13.1. The van der Waals surface area contributed by atoms with Crippen molar-refractivity contribution in [2.45, 2.75) is 6.92 Å². The molecular formula is C18H17N3O5S. The zero-order valence-electron chi connectivity index (χ0n) is 14.7. The lowest BCUT2D eigenvalue weighted by atomic mass is 10.3. The van der Waals surface area contributed by atoms with Gasteiger partial charge in [0.1, 0.15) is 11.3 Å². The lowest BCUT2D eigenvalue weighted by Crippen LogP contribution is -2.21. The molecule has 140 valence electrons. The number of amides is 1. The van der Waals surface area contributed by atoms with Crippen molar-refractivity contribution >= 4 is 38.6 Å². The molecule has 0 spiro atoms. The van der Waals surface area contributed by atoms with Gasteiger partial charge in [0.25, 0.3) is 5.91 Å². The van der Waals surface area contributed by atoms with E-state index >= 15 is 0 Å². The number of methoxy groups -OCH3 is 1. The highest BCUT2D eigenvalue weighted by Crippen LogP contribution is 2.29. The number of pyridine rings is 1. The lowest BCUT2D eigenvalue weighted by Gasteiger charge is -2.08. The van der Waals surface area contributed by atoms with E-state index in [1.807, 2.05) is 6.07 Å². The molecule has 0 unspecified atom stereocenters. The summed E-state index contributed by atoms with van der Waals surface area (Å²) in [5.41, 5.74) is 0.907. The third kappa shape index (κ3) is 4.50. The van der Waals surface area contributed by atoms with Crippen LogP contribution in [0.4, 0.5) is 5.13 Å². The van der Waals surface area contributed by atoms with Crippen LogP contribution in [0.15, 0.2) is 36.5 Å². The van der Waals surface area contributed by atoms with Crippen molar-refractivity contribution in [2.24, 2.45) is 0 Å². The number of nitrogens with zero attached hydrogens (tertiary/aromatic N) is 2. The van der Waals surface area contributed by atoms with Crippen molar-refractivity contribution in [3.05, 3.63) is 42.1 Å². The summed E-state index contributed by atoms with van der Waals surface area (Å²) < 4.78 is 16.4. The molecule has 1 amide bonds. The second kappa shape index (κ2) is 8.45. The predicted octanol–water partition coefficient (Wildman–Crippen LogP) is 2.89. The number of carbonyl (C=O) groups excluding carboxylic acids is 2. The quantitative estimate of drug-likeness (QED) is 0.622. The zero-order chi connectivity index (χ0) is 19.2. The Labute approximate surface area is 159 Å². The summed E-state index contributed by atoms with van der Waals surface area (Å²) in [5.74, 6) is -0.294. The van der Waals surface area contributed by atoms with E-state index in [0.29, 0.717) is 17.5 Å². The standard InChI is InChI=1S/C18H17N3O5S/c1-3-25-16-12(5-4-8-19-16)17(23)26-10-15(22)21-18-20-13-7-6-11(24-2)9-14(13)27-18/h4-9H,3,10H2,1-2H3,(H,20,21,22). The van der Waals surface area contributed by atoms with Crippen LogP contribution >= 0.6 is 11.3 Å². The summed E-state index contributed by atoms with van der Waals surface area (Å²) in [4.78, 5) is 32.5. The Hall–Kier alpha value is -3.20. The molecule has 1 N–H and O–H groups in total. The SMILES string of the molecule is CCOc1ncccc1C(=O)OCC(=O)Nc1nc2ccc(OC)cc2s1. The van der Waals surface area contributed by atoms with Crippen LogP contribution in [0.1, 0.15) is 17.3 Å². The molecule has 1 aromatic carbocycles. The molecule has 27 heavy (non-hydrogen) atoms. The van der Waals surface area contributed by atoms with E-state index in [0.717, 1.165) is 10.2 Å². The van der Waals surface area contributed by atoms with Gasteiger partial charge in [-0.05, 0) is 37.3 Å². The van der Waals surface area contributed by atoms with Crippen molar-refractivity contribution in [2.75, 3.05) is 25.6 Å². The smallest absolute Gasteiger partial charge is 0.344 e. The molecule has 0 aliphatic carbocycles. The molecule has 0 aliphatic rings. The van der Waals surface area contributed by atoms with E-state index in [-0.39, 0.29) is 11.4 Å². The van der Waals surface area contributed by atoms with E-state index in [1.54, 1.807) is 32.2 Å². The highest BCUT2D eigenvalue weighted by Gasteiger charge is 2.17. The highest BCUT2D eigenvalue weighted by atomic mass is 32.1. The number of benzene rings is 1. The Kier molecular flexibility index (Phi) is 5.82. The van der Waals surface area contributed by atoms with E-state index < -0.39 is 18.5 Å². The largest absolute Gasteiger partial charge is 0.497 e. The molecule has 0 saturated heterocycles. The number of hydrogen-bond donors (Lipinski definition) is 1. The second-order valence-corrected chi connectivity index (χ2v) is 6.30. The minimum Gasteiger partial charge on any atom is -0.497 e. The summed E-state index contributed by atoms with van der Waals surface area (Å²) >= 11 is 1.30. The third-order valence-electron chi connectivity index (χ3n) is 3.45. The van der Waals surface area contributed by atoms with E-state index in [9.17, 15) is 9.59 Å². The molecule has 0 bridgehead atoms. The van der Waals surface area contributed by atoms with E-state index in [2.05, 4.69) is 15.3 Å². The number of aromatic nitrogens is 2. The number of ether oxygens (including phenoxy) is 3. The van der Waals surface area contributed by atoms with Crippen molar-refractivity contribution in [3.63, 3.8) is 0 Å². The molecule has 9 heteroatoms. The van der Waals surface area contributed by atoms with Crippen LogP contribution in [0, 0.1) is 0 Å². The molecule has 0 aliphatic heterocycles. The first-order valence-corrected chi connectivity index (χ1v) is 8.91. The molecular weight excluding hydrogens is 370 g/mol. The summed E-state index contributed by atoms with van der Waals surface area (Å²) in [6.07, 6.45) is 1.51. The number of nitrogens with one attached hydrogen (secondary N) is 1. The Morgan fingerprint density at radius 2 is 2.11 bits per heavy atom.